The van der Waals surface area contributed by atoms with Gasteiger partial charge in [-0.3, -0.25) is 4.79 Å². The number of rotatable bonds is 12. The molecular formula is C35H32ClN3O7. The molecule has 0 aliphatic carbocycles. The molecule has 0 saturated carbocycles. The average molecular weight is 642 g/mol. The minimum absolute atomic E-state index is 0.207. The van der Waals surface area contributed by atoms with Crippen molar-refractivity contribution in [3.63, 3.8) is 0 Å². The van der Waals surface area contributed by atoms with Gasteiger partial charge in [-0.2, -0.15) is 5.10 Å². The van der Waals surface area contributed by atoms with Gasteiger partial charge in [0, 0.05) is 27.1 Å². The summed E-state index contributed by atoms with van der Waals surface area (Å²) in [6.45, 7) is 4.59. The zero-order valence-electron chi connectivity index (χ0n) is 25.7. The van der Waals surface area contributed by atoms with Gasteiger partial charge in [0.1, 0.15) is 11.4 Å². The predicted molar refractivity (Wildman–Crippen MR) is 177 cm³/mol. The smallest absolute Gasteiger partial charge is 0.343 e. The highest BCUT2D eigenvalue weighted by atomic mass is 35.5. The maximum absolute atomic E-state index is 13.4. The van der Waals surface area contributed by atoms with Crippen molar-refractivity contribution in [2.24, 2.45) is 5.10 Å². The van der Waals surface area contributed by atoms with E-state index in [1.165, 1.54) is 13.3 Å². The van der Waals surface area contributed by atoms with Crippen molar-refractivity contribution >= 4 is 40.6 Å². The molecule has 2 N–H and O–H groups in total. The fourth-order valence-corrected chi connectivity index (χ4v) is 5.05. The van der Waals surface area contributed by atoms with Gasteiger partial charge in [0.25, 0.3) is 5.91 Å². The molecule has 5 aromatic rings. The first-order valence-electron chi connectivity index (χ1n) is 14.4. The number of carbonyl (C=O) groups is 2. The van der Waals surface area contributed by atoms with Gasteiger partial charge in [0.2, 0.25) is 0 Å². The Bertz CT molecular complexity index is 1920. The highest BCUT2D eigenvalue weighted by molar-refractivity contribution is 6.34. The topological polar surface area (TPSA) is 120 Å². The molecule has 0 saturated heterocycles. The Morgan fingerprint density at radius 2 is 1.61 bits per heavy atom. The molecule has 0 aliphatic rings. The zero-order chi connectivity index (χ0) is 32.6. The summed E-state index contributed by atoms with van der Waals surface area (Å²) in [7, 11) is 3.04. The number of nitrogens with one attached hydrogen (secondary N) is 2. The van der Waals surface area contributed by atoms with Crippen molar-refractivity contribution < 1.29 is 33.3 Å². The molecule has 0 aliphatic heterocycles. The van der Waals surface area contributed by atoms with Gasteiger partial charge in [0.05, 0.1) is 39.2 Å². The second-order valence-corrected chi connectivity index (χ2v) is 10.2. The predicted octanol–water partition coefficient (Wildman–Crippen LogP) is 7.29. The minimum atomic E-state index is -0.596. The molecule has 236 valence electrons. The zero-order valence-corrected chi connectivity index (χ0v) is 26.4. The fraction of sp³-hybridized carbons (Fsp3) is 0.171. The molecule has 0 bridgehead atoms. The van der Waals surface area contributed by atoms with Crippen LogP contribution < -0.4 is 29.1 Å². The molecule has 10 nitrogen and oxygen atoms in total. The van der Waals surface area contributed by atoms with E-state index >= 15 is 0 Å². The summed E-state index contributed by atoms with van der Waals surface area (Å²) in [5.41, 5.74) is 5.79. The van der Waals surface area contributed by atoms with Crippen LogP contribution >= 0.6 is 11.6 Å². The number of hydrogen-bond acceptors (Lipinski definition) is 8. The Morgan fingerprint density at radius 3 is 2.35 bits per heavy atom. The van der Waals surface area contributed by atoms with Gasteiger partial charge in [0.15, 0.2) is 23.0 Å². The summed E-state index contributed by atoms with van der Waals surface area (Å²) in [5.74, 6) is 1.07. The number of fused-ring (bicyclic) bond motifs is 1. The van der Waals surface area contributed by atoms with Gasteiger partial charge < -0.3 is 28.7 Å². The summed E-state index contributed by atoms with van der Waals surface area (Å²) in [4.78, 5) is 29.5. The number of hydrazone groups is 1. The van der Waals surface area contributed by atoms with Gasteiger partial charge in [-0.1, -0.05) is 29.8 Å². The number of amides is 1. The van der Waals surface area contributed by atoms with Crippen LogP contribution in [0.3, 0.4) is 0 Å². The van der Waals surface area contributed by atoms with E-state index < -0.39 is 11.9 Å². The summed E-state index contributed by atoms with van der Waals surface area (Å²) < 4.78 is 27.7. The van der Waals surface area contributed by atoms with E-state index in [0.29, 0.717) is 57.9 Å². The maximum atomic E-state index is 13.4. The van der Waals surface area contributed by atoms with E-state index in [1.54, 1.807) is 55.6 Å². The number of benzene rings is 4. The third-order valence-electron chi connectivity index (χ3n) is 6.93. The van der Waals surface area contributed by atoms with E-state index in [9.17, 15) is 9.59 Å². The normalized spacial score (nSPS) is 11.0. The summed E-state index contributed by atoms with van der Waals surface area (Å²) in [6.07, 6.45) is 1.45. The lowest BCUT2D eigenvalue weighted by atomic mass is 10.0. The number of esters is 1. The lowest BCUT2D eigenvalue weighted by molar-refractivity contribution is 0.0728. The van der Waals surface area contributed by atoms with Crippen molar-refractivity contribution in [3.05, 3.63) is 101 Å². The number of aromatic amines is 1. The lowest BCUT2D eigenvalue weighted by Crippen LogP contribution is -2.19. The van der Waals surface area contributed by atoms with Crippen LogP contribution in [0.5, 0.6) is 28.7 Å². The Hall–Kier alpha value is -5.48. The molecule has 0 radical (unpaired) electrons. The van der Waals surface area contributed by atoms with Crippen LogP contribution in [0.4, 0.5) is 0 Å². The summed E-state index contributed by atoms with van der Waals surface area (Å²) in [6, 6.07) is 22.5. The molecule has 1 heterocycles. The number of halogens is 1. The average Bonchev–Trinajstić information content (AvgIpc) is 3.45. The SMILES string of the molecule is CCOc1ccc(C(=O)Oc2ccc(C=NNC(=O)c3[nH]c4ccc(OC)cc4c3-c3ccccc3Cl)cc2OC)cc1OCC. The van der Waals surface area contributed by atoms with Crippen molar-refractivity contribution in [2.45, 2.75) is 13.8 Å². The number of aromatic nitrogens is 1. The monoisotopic (exact) mass is 641 g/mol. The molecule has 1 aromatic heterocycles. The fourth-order valence-electron chi connectivity index (χ4n) is 4.82. The highest BCUT2D eigenvalue weighted by Crippen LogP contribution is 2.38. The number of nitrogens with zero attached hydrogens (tertiary/aromatic N) is 1. The Morgan fingerprint density at radius 1 is 0.848 bits per heavy atom. The molecule has 46 heavy (non-hydrogen) atoms. The third-order valence-corrected chi connectivity index (χ3v) is 7.25. The first-order chi connectivity index (χ1) is 22.4. The van der Waals surface area contributed by atoms with E-state index in [1.807, 2.05) is 44.2 Å². The number of H-pyrrole nitrogens is 1. The standard InChI is InChI=1S/C35H32ClN3O7/c1-5-44-28-16-12-22(18-31(28)45-6-2)35(41)46-29-15-11-21(17-30(29)43-4)20-37-39-34(40)33-32(24-9-7-8-10-26(24)36)25-19-23(42-3)13-14-27(25)38-33/h7-20,38H,5-6H2,1-4H3,(H,39,40). The number of ether oxygens (including phenoxy) is 5. The molecule has 0 unspecified atom stereocenters. The summed E-state index contributed by atoms with van der Waals surface area (Å²) in [5, 5.41) is 5.42. The van der Waals surface area contributed by atoms with E-state index in [0.717, 1.165) is 10.9 Å². The first kappa shape index (κ1) is 31.9. The van der Waals surface area contributed by atoms with Gasteiger partial charge >= 0.3 is 5.97 Å². The van der Waals surface area contributed by atoms with Crippen molar-refractivity contribution in [1.82, 2.24) is 10.4 Å². The van der Waals surface area contributed by atoms with Crippen molar-refractivity contribution in [3.8, 4) is 39.9 Å². The minimum Gasteiger partial charge on any atom is -0.497 e. The lowest BCUT2D eigenvalue weighted by Gasteiger charge is -2.13. The van der Waals surface area contributed by atoms with Crippen LogP contribution in [0.2, 0.25) is 5.02 Å². The number of hydrogen-bond donors (Lipinski definition) is 2. The quantitative estimate of drug-likeness (QED) is 0.0635. The Labute approximate surface area is 270 Å². The number of carbonyl (C=O) groups excluding carboxylic acids is 2. The molecule has 1 amide bonds. The highest BCUT2D eigenvalue weighted by Gasteiger charge is 2.21. The number of methoxy groups -OCH3 is 2. The van der Waals surface area contributed by atoms with E-state index in [2.05, 4.69) is 15.5 Å². The van der Waals surface area contributed by atoms with E-state index in [-0.39, 0.29) is 17.0 Å². The first-order valence-corrected chi connectivity index (χ1v) is 14.8. The molecule has 0 atom stereocenters. The van der Waals surface area contributed by atoms with Crippen LogP contribution in [0.15, 0.2) is 84.0 Å². The second kappa shape index (κ2) is 14.5. The largest absolute Gasteiger partial charge is 0.497 e. The van der Waals surface area contributed by atoms with Crippen LogP contribution in [-0.4, -0.2) is 50.5 Å². The molecule has 4 aromatic carbocycles. The summed E-state index contributed by atoms with van der Waals surface area (Å²) >= 11 is 6.54. The molecule has 0 fully saturated rings. The molecular weight excluding hydrogens is 610 g/mol. The Balaban J connectivity index is 1.34. The second-order valence-electron chi connectivity index (χ2n) is 9.79. The maximum Gasteiger partial charge on any atom is 0.343 e. The molecule has 0 spiro atoms. The third kappa shape index (κ3) is 6.92. The van der Waals surface area contributed by atoms with Crippen LogP contribution in [0, 0.1) is 0 Å². The van der Waals surface area contributed by atoms with Crippen LogP contribution in [-0.2, 0) is 0 Å². The van der Waals surface area contributed by atoms with Crippen molar-refractivity contribution in [2.75, 3.05) is 27.4 Å². The van der Waals surface area contributed by atoms with Gasteiger partial charge in [-0.25, -0.2) is 10.2 Å². The van der Waals surface area contributed by atoms with E-state index in [4.69, 9.17) is 35.3 Å². The van der Waals surface area contributed by atoms with Crippen molar-refractivity contribution in [1.29, 1.82) is 0 Å². The van der Waals surface area contributed by atoms with Gasteiger partial charge in [-0.05, 0) is 80.1 Å². The molecule has 5 rings (SSSR count). The molecule has 11 heteroatoms. The van der Waals surface area contributed by atoms with Crippen LogP contribution in [0.25, 0.3) is 22.0 Å². The Kier molecular flexibility index (Phi) is 10.1. The van der Waals surface area contributed by atoms with Crippen LogP contribution in [0.1, 0.15) is 40.3 Å². The van der Waals surface area contributed by atoms with Gasteiger partial charge in [-0.15, -0.1) is 0 Å².